The molecule has 9 nitrogen and oxygen atoms in total. The Morgan fingerprint density at radius 3 is 2.72 bits per heavy atom. The Balaban J connectivity index is 1.44. The van der Waals surface area contributed by atoms with E-state index in [0.717, 1.165) is 19.4 Å². The molecule has 1 fully saturated rings. The highest BCUT2D eigenvalue weighted by Gasteiger charge is 2.50. The lowest BCUT2D eigenvalue weighted by Gasteiger charge is -2.36. The van der Waals surface area contributed by atoms with Gasteiger partial charge < -0.3 is 32.6 Å². The number of para-hydroxylation sites is 1. The average molecular weight is 543 g/mol. The molecule has 0 radical (unpaired) electrons. The molecule has 4 aromatic rings. The second-order valence-corrected chi connectivity index (χ2v) is 11.2. The molecule has 10 heteroatoms. The highest BCUT2D eigenvalue weighted by molar-refractivity contribution is 7.21. The fourth-order valence-corrected chi connectivity index (χ4v) is 6.86. The van der Waals surface area contributed by atoms with E-state index in [1.807, 2.05) is 37.3 Å². The Bertz CT molecular complexity index is 1600. The molecule has 0 saturated carbocycles. The van der Waals surface area contributed by atoms with Crippen molar-refractivity contribution in [2.75, 3.05) is 18.8 Å². The lowest BCUT2D eigenvalue weighted by atomic mass is 9.71. The van der Waals surface area contributed by atoms with Crippen molar-refractivity contribution < 1.29 is 14.3 Å². The fraction of sp³-hybridized carbons (Fsp3) is 0.276. The van der Waals surface area contributed by atoms with Crippen LogP contribution in [0, 0.1) is 6.92 Å². The van der Waals surface area contributed by atoms with Gasteiger partial charge in [0.15, 0.2) is 5.78 Å². The van der Waals surface area contributed by atoms with E-state index in [1.54, 1.807) is 24.4 Å². The van der Waals surface area contributed by atoms with Gasteiger partial charge in [0.2, 0.25) is 0 Å². The number of ether oxygens (including phenoxy) is 1. The summed E-state index contributed by atoms with van der Waals surface area (Å²) in [5.41, 5.74) is 20.9. The van der Waals surface area contributed by atoms with Crippen molar-refractivity contribution in [3.63, 3.8) is 0 Å². The van der Waals surface area contributed by atoms with Crippen LogP contribution in [0.25, 0.3) is 10.1 Å². The topological polar surface area (TPSA) is 158 Å². The maximum atomic E-state index is 14.0. The number of ketones is 1. The van der Waals surface area contributed by atoms with E-state index >= 15 is 0 Å². The molecule has 2 aliphatic rings. The van der Waals surface area contributed by atoms with E-state index in [1.165, 1.54) is 11.3 Å². The number of hydrogen-bond donors (Lipinski definition) is 5. The molecule has 2 aromatic heterocycles. The minimum absolute atomic E-state index is 0.00747. The van der Waals surface area contributed by atoms with Crippen molar-refractivity contribution in [2.45, 2.75) is 37.4 Å². The lowest BCUT2D eigenvalue weighted by molar-refractivity contribution is -0.124. The van der Waals surface area contributed by atoms with Gasteiger partial charge in [-0.1, -0.05) is 24.3 Å². The van der Waals surface area contributed by atoms with Crippen LogP contribution < -0.4 is 32.6 Å². The Hall–Kier alpha value is -3.83. The van der Waals surface area contributed by atoms with E-state index in [0.29, 0.717) is 61.1 Å². The number of thiophene rings is 1. The number of piperidine rings is 1. The van der Waals surface area contributed by atoms with E-state index in [9.17, 15) is 9.59 Å². The molecule has 6 rings (SSSR count). The third kappa shape index (κ3) is 4.16. The zero-order valence-electron chi connectivity index (χ0n) is 21.5. The zero-order valence-corrected chi connectivity index (χ0v) is 22.3. The van der Waals surface area contributed by atoms with Crippen LogP contribution in [0.2, 0.25) is 0 Å². The maximum Gasteiger partial charge on any atom is 0.262 e. The SMILES string of the molecule is Cc1cc(Oc2ccccc2)cnc1C1(N)C(=O)C(N)c2c(C(=O)NC3CCCNC3)sc3c(N)ccc1c23. The predicted molar refractivity (Wildman–Crippen MR) is 152 cm³/mol. The van der Waals surface area contributed by atoms with Crippen LogP contribution in [0.1, 0.15) is 50.9 Å². The van der Waals surface area contributed by atoms with Crippen LogP contribution in [-0.4, -0.2) is 35.8 Å². The van der Waals surface area contributed by atoms with Crippen molar-refractivity contribution >= 4 is 38.8 Å². The Labute approximate surface area is 229 Å². The average Bonchev–Trinajstić information content (AvgIpc) is 3.35. The molecule has 3 unspecified atom stereocenters. The van der Waals surface area contributed by atoms with Crippen molar-refractivity contribution in [1.82, 2.24) is 15.6 Å². The number of rotatable bonds is 5. The number of nitrogens with zero attached hydrogens (tertiary/aromatic N) is 1. The van der Waals surface area contributed by atoms with Crippen LogP contribution in [0.5, 0.6) is 11.5 Å². The number of nitrogens with two attached hydrogens (primary N) is 3. The number of nitrogens with one attached hydrogen (secondary N) is 2. The maximum absolute atomic E-state index is 14.0. The van der Waals surface area contributed by atoms with Crippen LogP contribution >= 0.6 is 11.3 Å². The molecule has 39 heavy (non-hydrogen) atoms. The van der Waals surface area contributed by atoms with E-state index in [-0.39, 0.29) is 11.9 Å². The summed E-state index contributed by atoms with van der Waals surface area (Å²) < 4.78 is 6.62. The predicted octanol–water partition coefficient (Wildman–Crippen LogP) is 3.25. The van der Waals surface area contributed by atoms with Gasteiger partial charge in [0.05, 0.1) is 27.5 Å². The van der Waals surface area contributed by atoms with Gasteiger partial charge in [0.1, 0.15) is 17.0 Å². The van der Waals surface area contributed by atoms with E-state index < -0.39 is 17.4 Å². The highest BCUT2D eigenvalue weighted by atomic mass is 32.1. The third-order valence-electron chi connectivity index (χ3n) is 7.56. The fourth-order valence-electron chi connectivity index (χ4n) is 5.66. The van der Waals surface area contributed by atoms with Crippen LogP contribution in [0.15, 0.2) is 54.7 Å². The van der Waals surface area contributed by atoms with Crippen LogP contribution in [0.4, 0.5) is 5.69 Å². The van der Waals surface area contributed by atoms with Gasteiger partial charge in [-0.3, -0.25) is 14.6 Å². The molecule has 2 aromatic carbocycles. The number of pyridine rings is 1. The van der Waals surface area contributed by atoms with E-state index in [2.05, 4.69) is 15.6 Å². The highest BCUT2D eigenvalue weighted by Crippen LogP contribution is 2.49. The number of aromatic nitrogens is 1. The number of nitrogen functional groups attached to an aromatic ring is 1. The molecule has 3 heterocycles. The zero-order chi connectivity index (χ0) is 27.3. The molecular formula is C29H30N6O3S. The van der Waals surface area contributed by atoms with Crippen molar-refractivity contribution in [3.05, 3.63) is 82.0 Å². The molecule has 1 amide bonds. The van der Waals surface area contributed by atoms with Gasteiger partial charge >= 0.3 is 0 Å². The van der Waals surface area contributed by atoms with Crippen LogP contribution in [0.3, 0.4) is 0 Å². The van der Waals surface area contributed by atoms with Crippen molar-refractivity contribution in [3.8, 4) is 11.5 Å². The molecule has 3 atom stereocenters. The van der Waals surface area contributed by atoms with Crippen LogP contribution in [-0.2, 0) is 10.3 Å². The number of aryl methyl sites for hydroxylation is 1. The monoisotopic (exact) mass is 542 g/mol. The molecule has 0 spiro atoms. The second kappa shape index (κ2) is 9.73. The Morgan fingerprint density at radius 1 is 1.21 bits per heavy atom. The van der Waals surface area contributed by atoms with Gasteiger partial charge in [0, 0.05) is 29.2 Å². The summed E-state index contributed by atoms with van der Waals surface area (Å²) >= 11 is 1.25. The molecule has 1 aliphatic heterocycles. The number of amides is 1. The minimum atomic E-state index is -1.63. The number of hydrogen-bond acceptors (Lipinski definition) is 9. The number of benzene rings is 2. The number of Topliss-reactive ketones (excluding diaryl/α,β-unsaturated/α-hetero) is 1. The summed E-state index contributed by atoms with van der Waals surface area (Å²) in [5, 5.41) is 7.06. The Kier molecular flexibility index (Phi) is 6.35. The summed E-state index contributed by atoms with van der Waals surface area (Å²) in [6.07, 6.45) is 3.42. The lowest BCUT2D eigenvalue weighted by Crippen LogP contribution is -2.53. The first-order valence-electron chi connectivity index (χ1n) is 12.9. The second-order valence-electron chi connectivity index (χ2n) is 10.2. The first kappa shape index (κ1) is 25.4. The summed E-state index contributed by atoms with van der Waals surface area (Å²) in [5.74, 6) is 0.506. The van der Waals surface area contributed by atoms with Gasteiger partial charge in [-0.2, -0.15) is 0 Å². The summed E-state index contributed by atoms with van der Waals surface area (Å²) in [6, 6.07) is 13.5. The van der Waals surface area contributed by atoms with Crippen molar-refractivity contribution in [2.24, 2.45) is 11.5 Å². The van der Waals surface area contributed by atoms with E-state index in [4.69, 9.17) is 21.9 Å². The standard InChI is InChI=1S/C29H30N6O3S/c1-15-12-18(38-17-7-3-2-4-8-17)14-34-26(15)29(32)19-9-10-20(30)24-21(19)22(23(31)27(29)36)25(39-24)28(37)35-16-6-5-11-33-13-16/h2-4,7-10,12,14,16,23,33H,5-6,11,13,30-32H2,1H3,(H,35,37). The molecule has 1 saturated heterocycles. The molecule has 1 aliphatic carbocycles. The summed E-state index contributed by atoms with van der Waals surface area (Å²) in [6.45, 7) is 3.47. The molecule has 0 bridgehead atoms. The molecule has 8 N–H and O–H groups in total. The largest absolute Gasteiger partial charge is 0.456 e. The minimum Gasteiger partial charge on any atom is -0.456 e. The van der Waals surface area contributed by atoms with Gasteiger partial charge in [-0.25, -0.2) is 0 Å². The first-order valence-corrected chi connectivity index (χ1v) is 13.8. The first-order chi connectivity index (χ1) is 18.8. The number of carbonyl (C=O) groups excluding carboxylic acids is 2. The number of carbonyl (C=O) groups is 2. The summed E-state index contributed by atoms with van der Waals surface area (Å²) in [7, 11) is 0. The quantitative estimate of drug-likeness (QED) is 0.240. The molecule has 200 valence electrons. The number of anilines is 1. The smallest absolute Gasteiger partial charge is 0.262 e. The third-order valence-corrected chi connectivity index (χ3v) is 8.81. The Morgan fingerprint density at radius 2 is 2.00 bits per heavy atom. The van der Waals surface area contributed by atoms with Gasteiger partial charge in [0.25, 0.3) is 5.91 Å². The normalized spacial score (nSPS) is 22.6. The summed E-state index contributed by atoms with van der Waals surface area (Å²) in [4.78, 5) is 32.5. The molecular weight excluding hydrogens is 512 g/mol. The van der Waals surface area contributed by atoms with Gasteiger partial charge in [-0.15, -0.1) is 11.3 Å². The van der Waals surface area contributed by atoms with Crippen molar-refractivity contribution in [1.29, 1.82) is 0 Å². The van der Waals surface area contributed by atoms with Gasteiger partial charge in [-0.05, 0) is 61.7 Å².